The van der Waals surface area contributed by atoms with Crippen molar-refractivity contribution in [2.75, 3.05) is 25.1 Å². The van der Waals surface area contributed by atoms with E-state index in [0.717, 1.165) is 5.82 Å². The minimum absolute atomic E-state index is 0.191. The van der Waals surface area contributed by atoms with Crippen molar-refractivity contribution in [3.8, 4) is 0 Å². The Morgan fingerprint density at radius 2 is 2.05 bits per heavy atom. The number of ether oxygens (including phenoxy) is 2. The van der Waals surface area contributed by atoms with E-state index in [1.54, 1.807) is 19.1 Å². The Labute approximate surface area is 120 Å². The number of pyridine rings is 1. The molecule has 0 aliphatic carbocycles. The fourth-order valence-corrected chi connectivity index (χ4v) is 1.65. The summed E-state index contributed by atoms with van der Waals surface area (Å²) in [6, 6.07) is 3.69. The number of nitrogens with one attached hydrogen (secondary N) is 1. The third-order valence-corrected chi connectivity index (χ3v) is 2.91. The van der Waals surface area contributed by atoms with E-state index in [9.17, 15) is 4.79 Å². The summed E-state index contributed by atoms with van der Waals surface area (Å²) in [5.41, 5.74) is 0.461. The Bertz CT molecular complexity index is 404. The number of hydrogen-bond acceptors (Lipinski definition) is 5. The van der Waals surface area contributed by atoms with Crippen LogP contribution in [0, 0.1) is 5.92 Å². The van der Waals surface area contributed by atoms with E-state index in [4.69, 9.17) is 9.47 Å². The Hall–Kier alpha value is -1.62. The number of rotatable bonds is 8. The highest BCUT2D eigenvalue weighted by atomic mass is 16.5. The van der Waals surface area contributed by atoms with Gasteiger partial charge in [0.2, 0.25) is 0 Å². The third kappa shape index (κ3) is 5.17. The predicted molar refractivity (Wildman–Crippen MR) is 78.9 cm³/mol. The number of carbonyl (C=O) groups is 1. The minimum atomic E-state index is -0.346. The van der Waals surface area contributed by atoms with Crippen LogP contribution >= 0.6 is 0 Å². The molecule has 0 aliphatic heterocycles. The van der Waals surface area contributed by atoms with Gasteiger partial charge in [0.25, 0.3) is 0 Å². The minimum Gasteiger partial charge on any atom is -0.462 e. The van der Waals surface area contributed by atoms with Gasteiger partial charge >= 0.3 is 5.97 Å². The quantitative estimate of drug-likeness (QED) is 0.742. The van der Waals surface area contributed by atoms with Crippen LogP contribution in [0.15, 0.2) is 18.3 Å². The van der Waals surface area contributed by atoms with Crippen molar-refractivity contribution in [1.29, 1.82) is 0 Å². The van der Waals surface area contributed by atoms with Crippen molar-refractivity contribution in [1.82, 2.24) is 4.98 Å². The first-order valence-electron chi connectivity index (χ1n) is 7.05. The lowest BCUT2D eigenvalue weighted by atomic mass is 10.1. The summed E-state index contributed by atoms with van der Waals surface area (Å²) in [5, 5.41) is 3.32. The van der Waals surface area contributed by atoms with Gasteiger partial charge in [-0.2, -0.15) is 0 Å². The SMILES string of the molecule is CCOCC(Nc1ccc(C(=O)OCC)cn1)C(C)C. The van der Waals surface area contributed by atoms with Gasteiger partial charge in [-0.25, -0.2) is 9.78 Å². The largest absolute Gasteiger partial charge is 0.462 e. The van der Waals surface area contributed by atoms with Crippen molar-refractivity contribution in [3.05, 3.63) is 23.9 Å². The molecule has 1 aromatic heterocycles. The summed E-state index contributed by atoms with van der Waals surface area (Å²) >= 11 is 0. The summed E-state index contributed by atoms with van der Waals surface area (Å²) in [5.74, 6) is 0.811. The van der Waals surface area contributed by atoms with E-state index >= 15 is 0 Å². The molecule has 0 radical (unpaired) electrons. The first-order valence-corrected chi connectivity index (χ1v) is 7.05. The van der Waals surface area contributed by atoms with Gasteiger partial charge in [-0.3, -0.25) is 0 Å². The van der Waals surface area contributed by atoms with Crippen molar-refractivity contribution >= 4 is 11.8 Å². The van der Waals surface area contributed by atoms with E-state index < -0.39 is 0 Å². The molecule has 0 aliphatic rings. The molecule has 20 heavy (non-hydrogen) atoms. The average Bonchev–Trinajstić information content (AvgIpc) is 2.44. The van der Waals surface area contributed by atoms with E-state index in [0.29, 0.717) is 31.3 Å². The highest BCUT2D eigenvalue weighted by Crippen LogP contribution is 2.12. The number of esters is 1. The molecule has 112 valence electrons. The standard InChI is InChI=1S/C15H24N2O3/c1-5-19-10-13(11(3)4)17-14-8-7-12(9-16-14)15(18)20-6-2/h7-9,11,13H,5-6,10H2,1-4H3,(H,16,17). The molecule has 1 rings (SSSR count). The lowest BCUT2D eigenvalue weighted by molar-refractivity contribution is 0.0526. The molecule has 1 atom stereocenters. The van der Waals surface area contributed by atoms with Crippen LogP contribution in [0.1, 0.15) is 38.1 Å². The maximum Gasteiger partial charge on any atom is 0.339 e. The lowest BCUT2D eigenvalue weighted by Crippen LogP contribution is -2.31. The molecule has 5 heteroatoms. The molecular formula is C15H24N2O3. The van der Waals surface area contributed by atoms with E-state index in [2.05, 4.69) is 24.1 Å². The Balaban J connectivity index is 2.65. The predicted octanol–water partition coefficient (Wildman–Crippen LogP) is 2.73. The Morgan fingerprint density at radius 3 is 2.55 bits per heavy atom. The second-order valence-corrected chi connectivity index (χ2v) is 4.81. The van der Waals surface area contributed by atoms with Gasteiger partial charge in [0, 0.05) is 12.8 Å². The van der Waals surface area contributed by atoms with Gasteiger partial charge in [-0.1, -0.05) is 13.8 Å². The van der Waals surface area contributed by atoms with Crippen LogP contribution in [0.25, 0.3) is 0 Å². The van der Waals surface area contributed by atoms with E-state index in [1.165, 1.54) is 6.20 Å². The number of carbonyl (C=O) groups excluding carboxylic acids is 1. The number of nitrogens with zero attached hydrogens (tertiary/aromatic N) is 1. The summed E-state index contributed by atoms with van der Waals surface area (Å²) in [6.07, 6.45) is 1.53. The summed E-state index contributed by atoms with van der Waals surface area (Å²) in [4.78, 5) is 15.8. The van der Waals surface area contributed by atoms with Crippen molar-refractivity contribution in [3.63, 3.8) is 0 Å². The molecule has 0 spiro atoms. The number of aromatic nitrogens is 1. The summed E-state index contributed by atoms with van der Waals surface area (Å²) < 4.78 is 10.4. The average molecular weight is 280 g/mol. The van der Waals surface area contributed by atoms with Gasteiger partial charge < -0.3 is 14.8 Å². The smallest absolute Gasteiger partial charge is 0.339 e. The monoisotopic (exact) mass is 280 g/mol. The lowest BCUT2D eigenvalue weighted by Gasteiger charge is -2.22. The molecule has 0 bridgehead atoms. The van der Waals surface area contributed by atoms with Gasteiger partial charge in [-0.05, 0) is 31.9 Å². The van der Waals surface area contributed by atoms with Crippen LogP contribution in [0.2, 0.25) is 0 Å². The Kier molecular flexibility index (Phi) is 7.01. The van der Waals surface area contributed by atoms with Crippen molar-refractivity contribution in [2.45, 2.75) is 33.7 Å². The van der Waals surface area contributed by atoms with Gasteiger partial charge in [0.15, 0.2) is 0 Å². The highest BCUT2D eigenvalue weighted by molar-refractivity contribution is 5.89. The number of anilines is 1. The molecule has 0 aromatic carbocycles. The normalized spacial score (nSPS) is 12.2. The molecule has 0 saturated heterocycles. The maximum atomic E-state index is 11.5. The fourth-order valence-electron chi connectivity index (χ4n) is 1.65. The maximum absolute atomic E-state index is 11.5. The van der Waals surface area contributed by atoms with E-state index in [1.807, 2.05) is 6.92 Å². The van der Waals surface area contributed by atoms with Crippen LogP contribution in [-0.4, -0.2) is 36.8 Å². The molecule has 0 fully saturated rings. The third-order valence-electron chi connectivity index (χ3n) is 2.91. The zero-order valence-corrected chi connectivity index (χ0v) is 12.7. The molecule has 5 nitrogen and oxygen atoms in total. The van der Waals surface area contributed by atoms with Crippen LogP contribution < -0.4 is 5.32 Å². The van der Waals surface area contributed by atoms with Crippen molar-refractivity contribution < 1.29 is 14.3 Å². The van der Waals surface area contributed by atoms with Crippen LogP contribution in [0.4, 0.5) is 5.82 Å². The molecule has 0 saturated carbocycles. The molecule has 1 heterocycles. The van der Waals surface area contributed by atoms with E-state index in [-0.39, 0.29) is 12.0 Å². The van der Waals surface area contributed by atoms with Crippen LogP contribution in [0.3, 0.4) is 0 Å². The molecule has 1 unspecified atom stereocenters. The first-order chi connectivity index (χ1) is 9.58. The molecule has 1 aromatic rings. The summed E-state index contributed by atoms with van der Waals surface area (Å²) in [6.45, 7) is 9.71. The van der Waals surface area contributed by atoms with Gasteiger partial charge in [0.05, 0.1) is 24.8 Å². The number of hydrogen-bond donors (Lipinski definition) is 1. The second-order valence-electron chi connectivity index (χ2n) is 4.81. The Morgan fingerprint density at radius 1 is 1.30 bits per heavy atom. The van der Waals surface area contributed by atoms with Crippen LogP contribution in [-0.2, 0) is 9.47 Å². The highest BCUT2D eigenvalue weighted by Gasteiger charge is 2.14. The van der Waals surface area contributed by atoms with Gasteiger partial charge in [-0.15, -0.1) is 0 Å². The summed E-state index contributed by atoms with van der Waals surface area (Å²) in [7, 11) is 0. The molecule has 1 N–H and O–H groups in total. The zero-order valence-electron chi connectivity index (χ0n) is 12.7. The van der Waals surface area contributed by atoms with Gasteiger partial charge in [0.1, 0.15) is 5.82 Å². The molecule has 0 amide bonds. The first kappa shape index (κ1) is 16.4. The van der Waals surface area contributed by atoms with Crippen molar-refractivity contribution in [2.24, 2.45) is 5.92 Å². The fraction of sp³-hybridized carbons (Fsp3) is 0.600. The van der Waals surface area contributed by atoms with Crippen LogP contribution in [0.5, 0.6) is 0 Å². The second kappa shape index (κ2) is 8.53. The molecular weight excluding hydrogens is 256 g/mol. The topological polar surface area (TPSA) is 60.5 Å². The zero-order chi connectivity index (χ0) is 15.0.